The topological polar surface area (TPSA) is 100 Å². The number of nitrogens with zero attached hydrogens (tertiary/aromatic N) is 1. The number of carbonyl (C=O) groups is 2. The number of carbonyl (C=O) groups excluding carboxylic acids is 2. The van der Waals surface area contributed by atoms with Crippen molar-refractivity contribution >= 4 is 23.7 Å². The summed E-state index contributed by atoms with van der Waals surface area (Å²) < 4.78 is 5.28. The van der Waals surface area contributed by atoms with Gasteiger partial charge in [-0.25, -0.2) is 5.43 Å². The largest absolute Gasteiger partial charge is 0.504 e. The van der Waals surface area contributed by atoms with E-state index in [1.165, 1.54) is 12.3 Å². The van der Waals surface area contributed by atoms with Gasteiger partial charge in [0, 0.05) is 5.69 Å². The van der Waals surface area contributed by atoms with Crippen LogP contribution in [-0.2, 0) is 9.59 Å². The Labute approximate surface area is 158 Å². The highest BCUT2D eigenvalue weighted by atomic mass is 16.5. The number of hydrogen-bond acceptors (Lipinski definition) is 5. The first-order valence-electron chi connectivity index (χ1n) is 8.54. The molecular weight excluding hydrogens is 346 g/mol. The van der Waals surface area contributed by atoms with Gasteiger partial charge in [0.1, 0.15) is 6.42 Å². The van der Waals surface area contributed by atoms with Crippen LogP contribution in [0.15, 0.2) is 41.5 Å². The molecule has 2 rings (SSSR count). The number of amides is 2. The number of phenols is 1. The van der Waals surface area contributed by atoms with Gasteiger partial charge in [-0.2, -0.15) is 5.10 Å². The Balaban J connectivity index is 1.87. The van der Waals surface area contributed by atoms with Gasteiger partial charge >= 0.3 is 0 Å². The van der Waals surface area contributed by atoms with Crippen LogP contribution in [0.2, 0.25) is 0 Å². The molecule has 0 aromatic heterocycles. The van der Waals surface area contributed by atoms with Crippen LogP contribution >= 0.6 is 0 Å². The summed E-state index contributed by atoms with van der Waals surface area (Å²) in [6.07, 6.45) is 1.06. The molecule has 142 valence electrons. The summed E-state index contributed by atoms with van der Waals surface area (Å²) >= 11 is 0. The number of phenolic OH excluding ortho intramolecular Hbond substituents is 1. The summed E-state index contributed by atoms with van der Waals surface area (Å²) in [5, 5.41) is 16.2. The van der Waals surface area contributed by atoms with E-state index in [1.54, 1.807) is 18.2 Å². The molecule has 0 atom stereocenters. The highest BCUT2D eigenvalue weighted by molar-refractivity contribution is 6.04. The number of nitrogens with one attached hydrogen (secondary N) is 2. The Kier molecular flexibility index (Phi) is 6.93. The van der Waals surface area contributed by atoms with Crippen LogP contribution in [0.1, 0.15) is 30.0 Å². The Hall–Kier alpha value is -3.35. The van der Waals surface area contributed by atoms with Gasteiger partial charge in [0.05, 0.1) is 12.8 Å². The second kappa shape index (κ2) is 9.38. The minimum Gasteiger partial charge on any atom is -0.504 e. The van der Waals surface area contributed by atoms with Crippen molar-refractivity contribution in [1.82, 2.24) is 5.43 Å². The summed E-state index contributed by atoms with van der Waals surface area (Å²) in [7, 11) is 0. The molecule has 0 saturated heterocycles. The first kappa shape index (κ1) is 20.0. The van der Waals surface area contributed by atoms with E-state index < -0.39 is 11.8 Å². The van der Waals surface area contributed by atoms with E-state index in [0.29, 0.717) is 23.6 Å². The van der Waals surface area contributed by atoms with E-state index in [-0.39, 0.29) is 12.2 Å². The number of hydrogen-bond donors (Lipinski definition) is 3. The Bertz CT molecular complexity index is 862. The van der Waals surface area contributed by atoms with Crippen LogP contribution in [0, 0.1) is 13.8 Å². The summed E-state index contributed by atoms with van der Waals surface area (Å²) in [5.41, 5.74) is 5.64. The number of ether oxygens (including phenoxy) is 1. The highest BCUT2D eigenvalue weighted by Crippen LogP contribution is 2.26. The third kappa shape index (κ3) is 6.14. The number of aryl methyl sites for hydroxylation is 2. The van der Waals surface area contributed by atoms with Gasteiger partial charge in [-0.15, -0.1) is 0 Å². The fraction of sp³-hybridized carbons (Fsp3) is 0.250. The molecular formula is C20H23N3O4. The number of benzene rings is 2. The van der Waals surface area contributed by atoms with Crippen LogP contribution in [0.4, 0.5) is 5.69 Å². The summed E-state index contributed by atoms with van der Waals surface area (Å²) in [5.74, 6) is -0.586. The number of hydrazone groups is 1. The number of aromatic hydroxyl groups is 1. The van der Waals surface area contributed by atoms with E-state index in [4.69, 9.17) is 4.74 Å². The molecule has 3 N–H and O–H groups in total. The zero-order valence-corrected chi connectivity index (χ0v) is 15.6. The SMILES string of the molecule is CCOc1cc(/C=N/NC(=O)CC(=O)Nc2ccc(C)cc2C)ccc1O. The zero-order valence-electron chi connectivity index (χ0n) is 15.6. The second-order valence-electron chi connectivity index (χ2n) is 6.00. The van der Waals surface area contributed by atoms with E-state index in [2.05, 4.69) is 15.8 Å². The van der Waals surface area contributed by atoms with Gasteiger partial charge < -0.3 is 15.2 Å². The van der Waals surface area contributed by atoms with Gasteiger partial charge in [-0.05, 0) is 56.2 Å². The molecule has 0 saturated carbocycles. The molecule has 0 bridgehead atoms. The number of anilines is 1. The van der Waals surface area contributed by atoms with Crippen molar-refractivity contribution in [1.29, 1.82) is 0 Å². The number of rotatable bonds is 7. The van der Waals surface area contributed by atoms with Crippen molar-refractivity contribution in [2.24, 2.45) is 5.10 Å². The first-order valence-corrected chi connectivity index (χ1v) is 8.54. The molecule has 0 radical (unpaired) electrons. The lowest BCUT2D eigenvalue weighted by molar-refractivity contribution is -0.126. The Morgan fingerprint density at radius 3 is 2.63 bits per heavy atom. The van der Waals surface area contributed by atoms with E-state index in [0.717, 1.165) is 11.1 Å². The third-order valence-electron chi connectivity index (χ3n) is 3.66. The standard InChI is InChI=1S/C20H23N3O4/c1-4-27-18-10-15(6-8-17(18)24)12-21-23-20(26)11-19(25)22-16-7-5-13(2)9-14(16)3/h5-10,12,24H,4,11H2,1-3H3,(H,22,25)(H,23,26)/b21-12+. The van der Waals surface area contributed by atoms with Crippen LogP contribution in [0.25, 0.3) is 0 Å². The van der Waals surface area contributed by atoms with Crippen molar-refractivity contribution in [3.8, 4) is 11.5 Å². The molecule has 2 aromatic rings. The average Bonchev–Trinajstić information content (AvgIpc) is 2.60. The fourth-order valence-electron chi connectivity index (χ4n) is 2.39. The van der Waals surface area contributed by atoms with Crippen LogP contribution in [-0.4, -0.2) is 29.7 Å². The zero-order chi connectivity index (χ0) is 19.8. The molecule has 0 heterocycles. The minimum atomic E-state index is -0.530. The van der Waals surface area contributed by atoms with E-state index in [1.807, 2.05) is 32.9 Å². The molecule has 0 spiro atoms. The second-order valence-corrected chi connectivity index (χ2v) is 6.00. The molecule has 0 aliphatic carbocycles. The van der Waals surface area contributed by atoms with Gasteiger partial charge in [-0.1, -0.05) is 17.7 Å². The van der Waals surface area contributed by atoms with Crippen LogP contribution in [0.3, 0.4) is 0 Å². The van der Waals surface area contributed by atoms with Crippen molar-refractivity contribution in [3.63, 3.8) is 0 Å². The molecule has 7 nitrogen and oxygen atoms in total. The van der Waals surface area contributed by atoms with Crippen LogP contribution < -0.4 is 15.5 Å². The summed E-state index contributed by atoms with van der Waals surface area (Å²) in [6.45, 7) is 6.08. The predicted octanol–water partition coefficient (Wildman–Crippen LogP) is 2.89. The molecule has 27 heavy (non-hydrogen) atoms. The molecule has 2 amide bonds. The lowest BCUT2D eigenvalue weighted by Crippen LogP contribution is -2.24. The average molecular weight is 369 g/mol. The minimum absolute atomic E-state index is 0.0288. The maximum atomic E-state index is 12.0. The Morgan fingerprint density at radius 1 is 1.15 bits per heavy atom. The highest BCUT2D eigenvalue weighted by Gasteiger charge is 2.10. The van der Waals surface area contributed by atoms with E-state index >= 15 is 0 Å². The van der Waals surface area contributed by atoms with Crippen molar-refractivity contribution in [2.45, 2.75) is 27.2 Å². The lowest BCUT2D eigenvalue weighted by atomic mass is 10.1. The van der Waals surface area contributed by atoms with E-state index in [9.17, 15) is 14.7 Å². The molecule has 0 aliphatic heterocycles. The lowest BCUT2D eigenvalue weighted by Gasteiger charge is -2.08. The van der Waals surface area contributed by atoms with Crippen molar-refractivity contribution in [3.05, 3.63) is 53.1 Å². The van der Waals surface area contributed by atoms with Gasteiger partial charge in [0.25, 0.3) is 0 Å². The van der Waals surface area contributed by atoms with Crippen molar-refractivity contribution < 1.29 is 19.4 Å². The first-order chi connectivity index (χ1) is 12.9. The predicted molar refractivity (Wildman–Crippen MR) is 104 cm³/mol. The smallest absolute Gasteiger partial charge is 0.249 e. The molecule has 0 unspecified atom stereocenters. The quantitative estimate of drug-likeness (QED) is 0.397. The summed E-state index contributed by atoms with van der Waals surface area (Å²) in [6, 6.07) is 10.3. The van der Waals surface area contributed by atoms with Crippen LogP contribution in [0.5, 0.6) is 11.5 Å². The normalized spacial score (nSPS) is 10.6. The maximum absolute atomic E-state index is 12.0. The molecule has 0 fully saturated rings. The fourth-order valence-corrected chi connectivity index (χ4v) is 2.39. The maximum Gasteiger partial charge on any atom is 0.249 e. The molecule has 7 heteroatoms. The van der Waals surface area contributed by atoms with Gasteiger partial charge in [-0.3, -0.25) is 9.59 Å². The Morgan fingerprint density at radius 2 is 1.93 bits per heavy atom. The van der Waals surface area contributed by atoms with Gasteiger partial charge in [0.2, 0.25) is 11.8 Å². The van der Waals surface area contributed by atoms with Crippen molar-refractivity contribution in [2.75, 3.05) is 11.9 Å². The molecule has 2 aromatic carbocycles. The third-order valence-corrected chi connectivity index (χ3v) is 3.66. The molecule has 0 aliphatic rings. The monoisotopic (exact) mass is 369 g/mol. The summed E-state index contributed by atoms with van der Waals surface area (Å²) in [4.78, 5) is 23.8. The van der Waals surface area contributed by atoms with Gasteiger partial charge in [0.15, 0.2) is 11.5 Å².